The molecule has 0 amide bonds. The van der Waals surface area contributed by atoms with Crippen molar-refractivity contribution >= 4 is 16.9 Å². The number of aryl methyl sites for hydroxylation is 1. The molecule has 4 nitrogen and oxygen atoms in total. The maximum absolute atomic E-state index is 12.8. The summed E-state index contributed by atoms with van der Waals surface area (Å²) in [7, 11) is 0. The molecule has 4 aromatic rings. The van der Waals surface area contributed by atoms with E-state index in [0.717, 1.165) is 22.1 Å². The molecule has 1 aromatic heterocycles. The SMILES string of the molecule is Cc1ccc2c(COC(=O)c3ccccc3Cc3ccccc3)cc(=O)oc2c1. The van der Waals surface area contributed by atoms with Gasteiger partial charge in [-0.3, -0.25) is 0 Å². The fraction of sp³-hybridized carbons (Fsp3) is 0.120. The lowest BCUT2D eigenvalue weighted by atomic mass is 10.00. The first-order chi connectivity index (χ1) is 14.1. The number of ether oxygens (including phenoxy) is 1. The molecule has 144 valence electrons. The summed E-state index contributed by atoms with van der Waals surface area (Å²) in [6.07, 6.45) is 0.642. The molecule has 4 rings (SSSR count). The van der Waals surface area contributed by atoms with Crippen molar-refractivity contribution in [2.75, 3.05) is 0 Å². The molecular weight excluding hydrogens is 364 g/mol. The summed E-state index contributed by atoms with van der Waals surface area (Å²) in [6.45, 7) is 1.93. The van der Waals surface area contributed by atoms with Crippen LogP contribution in [0.2, 0.25) is 0 Å². The lowest BCUT2D eigenvalue weighted by Crippen LogP contribution is -2.10. The number of hydrogen-bond donors (Lipinski definition) is 0. The Morgan fingerprint density at radius 3 is 2.48 bits per heavy atom. The number of hydrogen-bond acceptors (Lipinski definition) is 4. The summed E-state index contributed by atoms with van der Waals surface area (Å²) < 4.78 is 10.8. The lowest BCUT2D eigenvalue weighted by Gasteiger charge is -2.11. The number of fused-ring (bicyclic) bond motifs is 1. The Hall–Kier alpha value is -3.66. The molecule has 0 unspecified atom stereocenters. The van der Waals surface area contributed by atoms with Gasteiger partial charge in [0.15, 0.2) is 0 Å². The zero-order valence-electron chi connectivity index (χ0n) is 16.1. The van der Waals surface area contributed by atoms with Gasteiger partial charge in [0, 0.05) is 17.0 Å². The number of rotatable bonds is 5. The second-order valence-electron chi connectivity index (χ2n) is 6.99. The minimum atomic E-state index is -0.460. The van der Waals surface area contributed by atoms with Crippen LogP contribution in [-0.4, -0.2) is 5.97 Å². The third-order valence-corrected chi connectivity index (χ3v) is 4.82. The number of carbonyl (C=O) groups is 1. The molecule has 0 aliphatic carbocycles. The first-order valence-electron chi connectivity index (χ1n) is 9.42. The van der Waals surface area contributed by atoms with E-state index < -0.39 is 11.6 Å². The average Bonchev–Trinajstić information content (AvgIpc) is 2.72. The smallest absolute Gasteiger partial charge is 0.338 e. The topological polar surface area (TPSA) is 56.5 Å². The highest BCUT2D eigenvalue weighted by Crippen LogP contribution is 2.21. The molecule has 0 fully saturated rings. The minimum Gasteiger partial charge on any atom is -0.457 e. The Morgan fingerprint density at radius 1 is 0.897 bits per heavy atom. The van der Waals surface area contributed by atoms with Crippen LogP contribution < -0.4 is 5.63 Å². The van der Waals surface area contributed by atoms with Gasteiger partial charge in [0.05, 0.1) is 5.56 Å². The van der Waals surface area contributed by atoms with Gasteiger partial charge < -0.3 is 9.15 Å². The number of esters is 1. The van der Waals surface area contributed by atoms with E-state index in [4.69, 9.17) is 9.15 Å². The van der Waals surface area contributed by atoms with E-state index in [-0.39, 0.29) is 6.61 Å². The van der Waals surface area contributed by atoms with Crippen LogP contribution in [0.15, 0.2) is 88.1 Å². The van der Waals surface area contributed by atoms with E-state index in [1.807, 2.05) is 67.6 Å². The van der Waals surface area contributed by atoms with Crippen LogP contribution in [-0.2, 0) is 17.8 Å². The minimum absolute atomic E-state index is 0.00364. The Morgan fingerprint density at radius 2 is 1.66 bits per heavy atom. The second-order valence-corrected chi connectivity index (χ2v) is 6.99. The fourth-order valence-electron chi connectivity index (χ4n) is 3.37. The van der Waals surface area contributed by atoms with E-state index in [2.05, 4.69) is 0 Å². The Labute approximate surface area is 168 Å². The van der Waals surface area contributed by atoms with Crippen molar-refractivity contribution in [1.82, 2.24) is 0 Å². The summed E-state index contributed by atoms with van der Waals surface area (Å²) in [4.78, 5) is 24.7. The lowest BCUT2D eigenvalue weighted by molar-refractivity contribution is 0.0472. The zero-order valence-corrected chi connectivity index (χ0v) is 16.1. The van der Waals surface area contributed by atoms with Crippen molar-refractivity contribution in [3.8, 4) is 0 Å². The number of benzene rings is 3. The van der Waals surface area contributed by atoms with Gasteiger partial charge in [0.2, 0.25) is 0 Å². The second kappa shape index (κ2) is 8.15. The number of carbonyl (C=O) groups excluding carboxylic acids is 1. The molecule has 1 heterocycles. The van der Waals surface area contributed by atoms with E-state index in [1.165, 1.54) is 6.07 Å². The van der Waals surface area contributed by atoms with Gasteiger partial charge in [0.25, 0.3) is 0 Å². The normalized spacial score (nSPS) is 10.8. The Balaban J connectivity index is 1.57. The summed E-state index contributed by atoms with van der Waals surface area (Å²) >= 11 is 0. The molecule has 0 N–H and O–H groups in total. The predicted octanol–water partition coefficient (Wildman–Crippen LogP) is 5.05. The van der Waals surface area contributed by atoms with Crippen LogP contribution in [0.1, 0.15) is 32.6 Å². The van der Waals surface area contributed by atoms with Crippen LogP contribution in [0.3, 0.4) is 0 Å². The maximum Gasteiger partial charge on any atom is 0.338 e. The van der Waals surface area contributed by atoms with Gasteiger partial charge in [-0.15, -0.1) is 0 Å². The van der Waals surface area contributed by atoms with Gasteiger partial charge in [-0.25, -0.2) is 9.59 Å². The molecule has 0 aliphatic heterocycles. The third-order valence-electron chi connectivity index (χ3n) is 4.82. The quantitative estimate of drug-likeness (QED) is 0.357. The molecule has 0 radical (unpaired) electrons. The van der Waals surface area contributed by atoms with E-state index >= 15 is 0 Å². The molecule has 0 aliphatic rings. The highest BCUT2D eigenvalue weighted by atomic mass is 16.5. The molecule has 3 aromatic carbocycles. The van der Waals surface area contributed by atoms with Crippen molar-refractivity contribution in [2.45, 2.75) is 20.0 Å². The van der Waals surface area contributed by atoms with Gasteiger partial charge in [-0.2, -0.15) is 0 Å². The average molecular weight is 384 g/mol. The maximum atomic E-state index is 12.8. The van der Waals surface area contributed by atoms with Crippen LogP contribution in [0.4, 0.5) is 0 Å². The van der Waals surface area contributed by atoms with Gasteiger partial charge in [0.1, 0.15) is 12.2 Å². The monoisotopic (exact) mass is 384 g/mol. The first kappa shape index (κ1) is 18.7. The fourth-order valence-corrected chi connectivity index (χ4v) is 3.37. The third kappa shape index (κ3) is 4.27. The van der Waals surface area contributed by atoms with E-state index in [0.29, 0.717) is 23.1 Å². The highest BCUT2D eigenvalue weighted by molar-refractivity contribution is 5.91. The molecule has 0 spiro atoms. The standard InChI is InChI=1S/C25H20O4/c1-17-11-12-21-20(15-24(26)29-23(21)13-17)16-28-25(27)22-10-6-5-9-19(22)14-18-7-3-2-4-8-18/h2-13,15H,14,16H2,1H3. The molecule has 29 heavy (non-hydrogen) atoms. The van der Waals surface area contributed by atoms with Crippen LogP contribution in [0, 0.1) is 6.92 Å². The molecule has 0 saturated heterocycles. The first-order valence-corrected chi connectivity index (χ1v) is 9.42. The summed E-state index contributed by atoms with van der Waals surface area (Å²) in [5.74, 6) is -0.412. The summed E-state index contributed by atoms with van der Waals surface area (Å²) in [5.41, 5.74) is 4.20. The van der Waals surface area contributed by atoms with Crippen molar-refractivity contribution in [1.29, 1.82) is 0 Å². The van der Waals surface area contributed by atoms with E-state index in [1.54, 1.807) is 12.1 Å². The predicted molar refractivity (Wildman–Crippen MR) is 112 cm³/mol. The van der Waals surface area contributed by atoms with Gasteiger partial charge in [-0.1, -0.05) is 60.7 Å². The summed E-state index contributed by atoms with van der Waals surface area (Å²) in [5, 5.41) is 0.764. The van der Waals surface area contributed by atoms with Gasteiger partial charge >= 0.3 is 11.6 Å². The van der Waals surface area contributed by atoms with Crippen molar-refractivity contribution in [2.24, 2.45) is 0 Å². The van der Waals surface area contributed by atoms with Crippen LogP contribution in [0.25, 0.3) is 11.0 Å². The largest absolute Gasteiger partial charge is 0.457 e. The van der Waals surface area contributed by atoms with Crippen LogP contribution in [0.5, 0.6) is 0 Å². The van der Waals surface area contributed by atoms with Crippen molar-refractivity contribution < 1.29 is 13.9 Å². The summed E-state index contributed by atoms with van der Waals surface area (Å²) in [6, 6.07) is 24.4. The van der Waals surface area contributed by atoms with Gasteiger partial charge in [-0.05, 0) is 42.2 Å². The molecule has 4 heteroatoms. The molecule has 0 atom stereocenters. The van der Waals surface area contributed by atoms with Crippen LogP contribution >= 0.6 is 0 Å². The van der Waals surface area contributed by atoms with Crippen molar-refractivity contribution in [3.63, 3.8) is 0 Å². The molecule has 0 bridgehead atoms. The molecular formula is C25H20O4. The zero-order chi connectivity index (χ0) is 20.2. The van der Waals surface area contributed by atoms with E-state index in [9.17, 15) is 9.59 Å². The Bertz CT molecular complexity index is 1220. The van der Waals surface area contributed by atoms with Crippen molar-refractivity contribution in [3.05, 3.63) is 117 Å². The highest BCUT2D eigenvalue weighted by Gasteiger charge is 2.14. The molecule has 0 saturated carbocycles. The Kier molecular flexibility index (Phi) is 5.25.